The van der Waals surface area contributed by atoms with Crippen LogP contribution in [0.3, 0.4) is 0 Å². The number of aryl methyl sites for hydroxylation is 1. The van der Waals surface area contributed by atoms with E-state index in [1.807, 2.05) is 13.0 Å². The molecular weight excluding hydrogens is 533 g/mol. The number of nitrogens with one attached hydrogen (secondary N) is 1. The Balaban J connectivity index is 0.00000385. The van der Waals surface area contributed by atoms with Gasteiger partial charge in [-0.05, 0) is 51.2 Å². The van der Waals surface area contributed by atoms with Crippen molar-refractivity contribution in [3.8, 4) is 0 Å². The average molecular weight is 573 g/mol. The number of carbonyl (C=O) groups is 3. The van der Waals surface area contributed by atoms with E-state index < -0.39 is 5.97 Å². The first-order valence-corrected chi connectivity index (χ1v) is 12.0. The summed E-state index contributed by atoms with van der Waals surface area (Å²) in [5.41, 5.74) is 1.68. The first-order chi connectivity index (χ1) is 15.4. The van der Waals surface area contributed by atoms with Gasteiger partial charge in [-0.15, -0.1) is 24.0 Å². The summed E-state index contributed by atoms with van der Waals surface area (Å²) in [6.45, 7) is 8.39. The smallest absolute Gasteiger partial charge is 0.339 e. The number of carbonyl (C=O) groups excluding carboxylic acids is 3. The lowest BCUT2D eigenvalue weighted by Gasteiger charge is -2.43. The molecular formula is C25H39IN3O4+. The van der Waals surface area contributed by atoms with Crippen molar-refractivity contribution in [3.63, 3.8) is 0 Å². The third-order valence-electron chi connectivity index (χ3n) is 7.15. The number of nitrogens with zero attached hydrogens (tertiary/aromatic N) is 2. The Morgan fingerprint density at radius 1 is 1.12 bits per heavy atom. The summed E-state index contributed by atoms with van der Waals surface area (Å²) in [5.74, 6) is -0.341. The average Bonchev–Trinajstić information content (AvgIpc) is 3.09. The summed E-state index contributed by atoms with van der Waals surface area (Å²) >= 11 is 0. The van der Waals surface area contributed by atoms with E-state index in [1.54, 1.807) is 12.1 Å². The first-order valence-electron chi connectivity index (χ1n) is 12.0. The van der Waals surface area contributed by atoms with Gasteiger partial charge in [-0.1, -0.05) is 25.0 Å². The minimum Gasteiger partial charge on any atom is -0.465 e. The highest BCUT2D eigenvalue weighted by Gasteiger charge is 2.40. The van der Waals surface area contributed by atoms with Crippen LogP contribution in [0.25, 0.3) is 0 Å². The van der Waals surface area contributed by atoms with Crippen LogP contribution < -0.4 is 5.32 Å². The number of likely N-dealkylation sites (N-methyl/N-ethyl adjacent to an activating group) is 1. The highest BCUT2D eigenvalue weighted by molar-refractivity contribution is 14.0. The number of esters is 1. The maximum Gasteiger partial charge on any atom is 0.339 e. The van der Waals surface area contributed by atoms with Gasteiger partial charge in [-0.3, -0.25) is 9.59 Å². The second-order valence-electron chi connectivity index (χ2n) is 9.34. The summed E-state index contributed by atoms with van der Waals surface area (Å²) in [6.07, 6.45) is 6.44. The van der Waals surface area contributed by atoms with Crippen LogP contribution in [0.1, 0.15) is 61.4 Å². The molecule has 3 rings (SSSR count). The number of halogens is 1. The van der Waals surface area contributed by atoms with Gasteiger partial charge in [0.05, 0.1) is 43.9 Å². The molecule has 0 saturated carbocycles. The SMILES string of the molecule is CC[N+]1(CC(=O)Nc2c(C)cccc2C(=O)OC)CCCC(C(=O)N2CCCCCC2)C1.I. The largest absolute Gasteiger partial charge is 0.465 e. The standard InChI is InChI=1S/C25H37N3O4.HI/c1-4-28(16-10-12-20(17-28)24(30)27-14-7-5-6-8-15-27)18-22(29)26-23-19(2)11-9-13-21(23)25(31)32-3;/h9,11,13,20H,4-8,10,12,14-18H2,1-3H3;1H/p+1. The topological polar surface area (TPSA) is 75.7 Å². The molecule has 1 aromatic rings. The number of rotatable bonds is 6. The van der Waals surface area contributed by atoms with Gasteiger partial charge in [0.15, 0.2) is 6.54 Å². The lowest BCUT2D eigenvalue weighted by Crippen LogP contribution is -2.59. The Hall–Kier alpha value is -1.68. The summed E-state index contributed by atoms with van der Waals surface area (Å²) in [6, 6.07) is 5.30. The van der Waals surface area contributed by atoms with Crippen LogP contribution in [0.2, 0.25) is 0 Å². The zero-order chi connectivity index (χ0) is 23.1. The van der Waals surface area contributed by atoms with Crippen molar-refractivity contribution in [1.82, 2.24) is 4.90 Å². The highest BCUT2D eigenvalue weighted by Crippen LogP contribution is 2.27. The minimum absolute atomic E-state index is 0. The molecule has 0 aromatic heterocycles. The number of benzene rings is 1. The summed E-state index contributed by atoms with van der Waals surface area (Å²) in [7, 11) is 1.34. The molecule has 0 aliphatic carbocycles. The Kier molecular flexibility index (Phi) is 10.6. The van der Waals surface area contributed by atoms with Crippen LogP contribution in [-0.4, -0.2) is 73.5 Å². The number of ether oxygens (including phenoxy) is 1. The molecule has 33 heavy (non-hydrogen) atoms. The van der Waals surface area contributed by atoms with Gasteiger partial charge >= 0.3 is 5.97 Å². The van der Waals surface area contributed by atoms with Crippen molar-refractivity contribution < 1.29 is 23.6 Å². The maximum absolute atomic E-state index is 13.2. The molecule has 1 N–H and O–H groups in total. The maximum atomic E-state index is 13.2. The van der Waals surface area contributed by atoms with Crippen LogP contribution in [-0.2, 0) is 14.3 Å². The van der Waals surface area contributed by atoms with Gasteiger partial charge in [0, 0.05) is 13.1 Å². The van der Waals surface area contributed by atoms with Gasteiger partial charge in [-0.2, -0.15) is 0 Å². The van der Waals surface area contributed by atoms with E-state index in [-0.39, 0.29) is 41.7 Å². The van der Waals surface area contributed by atoms with Crippen LogP contribution in [0.15, 0.2) is 18.2 Å². The number of methoxy groups -OCH3 is 1. The van der Waals surface area contributed by atoms with Gasteiger partial charge in [-0.25, -0.2) is 4.79 Å². The molecule has 2 aliphatic heterocycles. The van der Waals surface area contributed by atoms with Gasteiger partial charge < -0.3 is 19.4 Å². The van der Waals surface area contributed by atoms with E-state index in [1.165, 1.54) is 20.0 Å². The molecule has 2 fully saturated rings. The lowest BCUT2D eigenvalue weighted by molar-refractivity contribution is -0.925. The number of piperidine rings is 1. The summed E-state index contributed by atoms with van der Waals surface area (Å²) in [4.78, 5) is 40.6. The molecule has 1 aromatic carbocycles. The van der Waals surface area contributed by atoms with Crippen LogP contribution in [0.4, 0.5) is 5.69 Å². The Morgan fingerprint density at radius 2 is 1.82 bits per heavy atom. The van der Waals surface area contributed by atoms with Crippen molar-refractivity contribution in [2.75, 3.05) is 51.7 Å². The fourth-order valence-corrected chi connectivity index (χ4v) is 5.21. The molecule has 7 nitrogen and oxygen atoms in total. The monoisotopic (exact) mass is 572 g/mol. The number of hydrogen-bond acceptors (Lipinski definition) is 4. The van der Waals surface area contributed by atoms with E-state index in [0.717, 1.165) is 57.4 Å². The van der Waals surface area contributed by atoms with Crippen molar-refractivity contribution in [1.29, 1.82) is 0 Å². The molecule has 8 heteroatoms. The van der Waals surface area contributed by atoms with Crippen LogP contribution in [0, 0.1) is 12.8 Å². The van der Waals surface area contributed by atoms with Crippen LogP contribution in [0.5, 0.6) is 0 Å². The number of amides is 2. The van der Waals surface area contributed by atoms with Gasteiger partial charge in [0.1, 0.15) is 0 Å². The zero-order valence-corrected chi connectivity index (χ0v) is 22.6. The molecule has 2 aliphatic rings. The Labute approximate surface area is 214 Å². The van der Waals surface area contributed by atoms with E-state index in [0.29, 0.717) is 28.8 Å². The van der Waals surface area contributed by atoms with Crippen LogP contribution >= 0.6 is 24.0 Å². The number of quaternary nitrogens is 1. The van der Waals surface area contributed by atoms with Gasteiger partial charge in [0.2, 0.25) is 5.91 Å². The lowest BCUT2D eigenvalue weighted by atomic mass is 9.93. The predicted octanol–water partition coefficient (Wildman–Crippen LogP) is 3.99. The Bertz CT molecular complexity index is 839. The third kappa shape index (κ3) is 6.91. The second-order valence-corrected chi connectivity index (χ2v) is 9.34. The fourth-order valence-electron chi connectivity index (χ4n) is 5.21. The van der Waals surface area contributed by atoms with Crippen molar-refractivity contribution in [2.45, 2.75) is 52.4 Å². The van der Waals surface area contributed by atoms with E-state index in [9.17, 15) is 14.4 Å². The second kappa shape index (κ2) is 12.7. The molecule has 0 bridgehead atoms. The summed E-state index contributed by atoms with van der Waals surface area (Å²) in [5, 5.41) is 2.97. The zero-order valence-electron chi connectivity index (χ0n) is 20.2. The third-order valence-corrected chi connectivity index (χ3v) is 7.15. The normalized spacial score (nSPS) is 23.1. The summed E-state index contributed by atoms with van der Waals surface area (Å²) < 4.78 is 5.48. The molecule has 2 saturated heterocycles. The van der Waals surface area contributed by atoms with Crippen molar-refractivity contribution in [3.05, 3.63) is 29.3 Å². The number of anilines is 1. The minimum atomic E-state index is -0.468. The number of hydrogen-bond donors (Lipinski definition) is 1. The molecule has 2 heterocycles. The number of para-hydroxylation sites is 1. The van der Waals surface area contributed by atoms with E-state index in [4.69, 9.17) is 4.74 Å². The molecule has 0 spiro atoms. The predicted molar refractivity (Wildman–Crippen MR) is 140 cm³/mol. The van der Waals surface area contributed by atoms with Crippen molar-refractivity contribution in [2.24, 2.45) is 5.92 Å². The number of likely N-dealkylation sites (tertiary alicyclic amines) is 2. The van der Waals surface area contributed by atoms with E-state index >= 15 is 0 Å². The highest BCUT2D eigenvalue weighted by atomic mass is 127. The van der Waals surface area contributed by atoms with Crippen molar-refractivity contribution >= 4 is 47.4 Å². The molecule has 0 radical (unpaired) electrons. The molecule has 2 amide bonds. The van der Waals surface area contributed by atoms with E-state index in [2.05, 4.69) is 17.1 Å². The fraction of sp³-hybridized carbons (Fsp3) is 0.640. The van der Waals surface area contributed by atoms with Gasteiger partial charge in [0.25, 0.3) is 5.91 Å². The Morgan fingerprint density at radius 3 is 2.45 bits per heavy atom. The molecule has 184 valence electrons. The molecule has 2 unspecified atom stereocenters. The molecule has 2 atom stereocenters. The quantitative estimate of drug-likeness (QED) is 0.318. The first kappa shape index (κ1) is 27.6.